The van der Waals surface area contributed by atoms with Crippen LogP contribution in [0.15, 0.2) is 18.2 Å². The highest BCUT2D eigenvalue weighted by Crippen LogP contribution is 2.53. The number of phenolic OH excluding ortho intramolecular Hbond substituents is 2. The maximum atomic E-state index is 13.9. The zero-order chi connectivity index (χ0) is 40.5. The Kier molecular flexibility index (Phi) is 10.4. The molecule has 302 valence electrons. The Morgan fingerprint density at radius 2 is 1.79 bits per heavy atom. The number of ketones is 3. The van der Waals surface area contributed by atoms with Crippen LogP contribution >= 0.6 is 11.8 Å². The van der Waals surface area contributed by atoms with Gasteiger partial charge in [0.05, 0.1) is 53.1 Å². The molecule has 9 atom stereocenters. The lowest BCUT2D eigenvalue weighted by atomic mass is 9.72. The summed E-state index contributed by atoms with van der Waals surface area (Å²) < 4.78 is 17.6. The number of unbranched alkanes of at least 4 members (excludes halogenated alkanes) is 1. The number of methoxy groups -OCH3 is 1. The first kappa shape index (κ1) is 40.0. The van der Waals surface area contributed by atoms with Crippen LogP contribution in [0.2, 0.25) is 0 Å². The van der Waals surface area contributed by atoms with E-state index in [4.69, 9.17) is 14.2 Å². The Morgan fingerprint density at radius 3 is 2.50 bits per heavy atom. The molecule has 0 aromatic heterocycles. The Labute approximate surface area is 326 Å². The molecular weight excluding hydrogens is 751 g/mol. The van der Waals surface area contributed by atoms with E-state index in [0.29, 0.717) is 6.42 Å². The number of carbonyl (C=O) groups is 5. The summed E-state index contributed by atoms with van der Waals surface area (Å²) in [6, 6.07) is 3.31. The smallest absolute Gasteiger partial charge is 0.315 e. The minimum atomic E-state index is -2.33. The number of aliphatic hydroxyl groups excluding tert-OH is 2. The predicted octanol–water partition coefficient (Wildman–Crippen LogP) is 1.66. The van der Waals surface area contributed by atoms with Crippen LogP contribution in [0.25, 0.3) is 0 Å². The first-order valence-electron chi connectivity index (χ1n) is 18.7. The maximum absolute atomic E-state index is 13.9. The quantitative estimate of drug-likeness (QED) is 0.0781. The first-order chi connectivity index (χ1) is 26.5. The van der Waals surface area contributed by atoms with Crippen molar-refractivity contribution in [3.8, 4) is 17.2 Å². The molecule has 2 aliphatic carbocycles. The Morgan fingerprint density at radius 1 is 1.05 bits per heavy atom. The number of carbonyl (C=O) groups excluding carboxylic acids is 5. The van der Waals surface area contributed by atoms with Gasteiger partial charge in [-0.1, -0.05) is 18.6 Å². The molecule has 5 aliphatic rings. The molecule has 16 nitrogen and oxygen atoms in total. The summed E-state index contributed by atoms with van der Waals surface area (Å²) in [6.07, 6.45) is -3.68. The van der Waals surface area contributed by atoms with Crippen LogP contribution in [0.3, 0.4) is 0 Å². The topological polar surface area (TPSA) is 250 Å². The fourth-order valence-electron chi connectivity index (χ4n) is 8.97. The van der Waals surface area contributed by atoms with Gasteiger partial charge in [-0.05, 0) is 39.7 Å². The second kappa shape index (κ2) is 14.6. The van der Waals surface area contributed by atoms with Crippen molar-refractivity contribution < 1.29 is 63.7 Å². The van der Waals surface area contributed by atoms with Gasteiger partial charge in [0, 0.05) is 53.4 Å². The molecule has 2 aromatic rings. The van der Waals surface area contributed by atoms with Crippen molar-refractivity contribution in [2.24, 2.45) is 0 Å². The minimum Gasteiger partial charge on any atom is -0.507 e. The van der Waals surface area contributed by atoms with Crippen molar-refractivity contribution >= 4 is 41.0 Å². The minimum absolute atomic E-state index is 0.0707. The van der Waals surface area contributed by atoms with Crippen LogP contribution in [0.1, 0.15) is 108 Å². The van der Waals surface area contributed by atoms with Gasteiger partial charge in [0.1, 0.15) is 35.6 Å². The van der Waals surface area contributed by atoms with E-state index in [2.05, 4.69) is 16.0 Å². The van der Waals surface area contributed by atoms with Gasteiger partial charge in [0.15, 0.2) is 17.9 Å². The van der Waals surface area contributed by atoms with Crippen LogP contribution < -0.4 is 20.7 Å². The molecule has 3 saturated heterocycles. The van der Waals surface area contributed by atoms with Crippen molar-refractivity contribution in [3.63, 3.8) is 0 Å². The van der Waals surface area contributed by atoms with Crippen molar-refractivity contribution in [2.45, 2.75) is 118 Å². The zero-order valence-corrected chi connectivity index (χ0v) is 32.3. The van der Waals surface area contributed by atoms with Crippen molar-refractivity contribution in [1.82, 2.24) is 16.0 Å². The third kappa shape index (κ3) is 6.41. The standard InChI is InChI=1S/C39H47N3O13S/c1-17-31(46)20(40-25(45)11-6-5-10-24-38(3)37(2,16-56-24)41-36(51)42-38)12-26(54-17)55-22-14-39(52,23(44)15-43)13-19-28(22)35(50)30-29(33(19)48)32(47)18-8-7-9-21(53-4)27(18)34(30)49/h7-9,17,20,22,24,26,31,43,46,48,50,52H,5-6,10-16H2,1-4H3,(H,40,45)(H2,41,42,51)/t17-,20-,22-,24?,26?,31+,37-,38+,39-/m0/s1. The van der Waals surface area contributed by atoms with Gasteiger partial charge in [-0.25, -0.2) is 4.79 Å². The van der Waals surface area contributed by atoms with Gasteiger partial charge in [0.2, 0.25) is 11.7 Å². The van der Waals surface area contributed by atoms with Gasteiger partial charge < -0.3 is 55.7 Å². The number of rotatable bonds is 11. The number of fused-ring (bicyclic) bond motifs is 4. The van der Waals surface area contributed by atoms with E-state index >= 15 is 0 Å². The molecule has 2 unspecified atom stereocenters. The molecule has 2 aromatic carbocycles. The third-order valence-electron chi connectivity index (χ3n) is 12.4. The average molecular weight is 798 g/mol. The molecule has 3 aliphatic heterocycles. The van der Waals surface area contributed by atoms with Gasteiger partial charge in [-0.15, -0.1) is 0 Å². The lowest BCUT2D eigenvalue weighted by Gasteiger charge is -2.43. The number of thioether (sulfide) groups is 1. The molecule has 0 radical (unpaired) electrons. The van der Waals surface area contributed by atoms with Crippen molar-refractivity contribution in [3.05, 3.63) is 51.6 Å². The van der Waals surface area contributed by atoms with Gasteiger partial charge in [0.25, 0.3) is 0 Å². The van der Waals surface area contributed by atoms with Crippen LogP contribution in [0.5, 0.6) is 17.2 Å². The fraction of sp³-hybridized carbons (Fsp3) is 0.564. The number of hydrogen-bond donors (Lipinski definition) is 8. The number of phenols is 2. The number of urea groups is 1. The molecule has 0 saturated carbocycles. The average Bonchev–Trinajstić information content (AvgIpc) is 3.53. The molecule has 3 heterocycles. The van der Waals surface area contributed by atoms with E-state index in [1.807, 2.05) is 13.8 Å². The van der Waals surface area contributed by atoms with E-state index in [-0.39, 0.29) is 63.6 Å². The number of Topliss-reactive ketones (excluding diaryl/α,β-unsaturated/α-hetero) is 1. The normalized spacial score (nSPS) is 33.1. The summed E-state index contributed by atoms with van der Waals surface area (Å²) in [7, 11) is 1.31. The van der Waals surface area contributed by atoms with Crippen LogP contribution in [-0.4, -0.2) is 121 Å². The molecule has 8 N–H and O–H groups in total. The zero-order valence-electron chi connectivity index (χ0n) is 31.5. The summed E-state index contributed by atoms with van der Waals surface area (Å²) in [5.41, 5.74) is -4.70. The number of nitrogens with one attached hydrogen (secondary N) is 3. The molecule has 17 heteroatoms. The lowest BCUT2D eigenvalue weighted by Crippen LogP contribution is -2.58. The largest absolute Gasteiger partial charge is 0.507 e. The number of ether oxygens (including phenoxy) is 3. The molecule has 3 amide bonds. The second-order valence-corrected chi connectivity index (χ2v) is 17.0. The first-order valence-corrected chi connectivity index (χ1v) is 19.8. The van der Waals surface area contributed by atoms with E-state index < -0.39 is 101 Å². The number of aromatic hydroxyl groups is 2. The van der Waals surface area contributed by atoms with Gasteiger partial charge in [-0.2, -0.15) is 11.8 Å². The summed E-state index contributed by atoms with van der Waals surface area (Å²) in [6.45, 7) is 4.58. The summed E-state index contributed by atoms with van der Waals surface area (Å²) in [4.78, 5) is 65.9. The van der Waals surface area contributed by atoms with E-state index in [0.717, 1.165) is 18.6 Å². The van der Waals surface area contributed by atoms with E-state index in [1.54, 1.807) is 18.7 Å². The Hall–Kier alpha value is -4.26. The van der Waals surface area contributed by atoms with E-state index in [1.165, 1.54) is 25.3 Å². The molecular formula is C39H47N3O13S. The monoisotopic (exact) mass is 797 g/mol. The highest BCUT2D eigenvalue weighted by Gasteiger charge is 2.60. The SMILES string of the molecule is COc1cccc2c1C(=O)c1c(O)c3c(c(O)c1C2=O)C[C@@](O)(C(=O)CO)C[C@@H]3OC1C[C@H](NC(=O)CCCCC2SC[C@]3(C)NC(=O)N[C@]23C)[C@H](O)[C@H](C)O1. The highest BCUT2D eigenvalue weighted by atomic mass is 32.2. The Bertz CT molecular complexity index is 2010. The van der Waals surface area contributed by atoms with Crippen molar-refractivity contribution in [1.29, 1.82) is 0 Å². The summed E-state index contributed by atoms with van der Waals surface area (Å²) in [5.74, 6) is -3.52. The molecule has 56 heavy (non-hydrogen) atoms. The van der Waals surface area contributed by atoms with Gasteiger partial charge in [-0.3, -0.25) is 19.2 Å². The molecule has 3 fully saturated rings. The molecule has 0 bridgehead atoms. The Balaban J connectivity index is 1.09. The van der Waals surface area contributed by atoms with Crippen LogP contribution in [0, 0.1) is 0 Å². The van der Waals surface area contributed by atoms with E-state index in [9.17, 15) is 49.5 Å². The lowest BCUT2D eigenvalue weighted by molar-refractivity contribution is -0.249. The number of amides is 3. The fourth-order valence-corrected chi connectivity index (χ4v) is 10.9. The number of benzene rings is 2. The molecule has 7 rings (SSSR count). The third-order valence-corrected chi connectivity index (χ3v) is 14.2. The van der Waals surface area contributed by atoms with Crippen molar-refractivity contribution in [2.75, 3.05) is 19.5 Å². The predicted molar refractivity (Wildman–Crippen MR) is 199 cm³/mol. The van der Waals surface area contributed by atoms with Gasteiger partial charge >= 0.3 is 6.03 Å². The van der Waals surface area contributed by atoms with Crippen LogP contribution in [0.4, 0.5) is 4.79 Å². The second-order valence-electron chi connectivity index (χ2n) is 15.8. The highest BCUT2D eigenvalue weighted by molar-refractivity contribution is 8.00. The summed E-state index contributed by atoms with van der Waals surface area (Å²) in [5, 5.41) is 64.9. The maximum Gasteiger partial charge on any atom is 0.315 e. The van der Waals surface area contributed by atoms with Crippen LogP contribution in [-0.2, 0) is 25.5 Å². The summed E-state index contributed by atoms with van der Waals surface area (Å²) >= 11 is 1.79. The number of hydrogen-bond acceptors (Lipinski definition) is 14. The number of aliphatic hydroxyl groups is 3. The molecule has 0 spiro atoms.